The highest BCUT2D eigenvalue weighted by Crippen LogP contribution is 2.25. The molecular weight excluding hydrogens is 338 g/mol. The highest BCUT2D eigenvalue weighted by atomic mass is 16.5. The average Bonchev–Trinajstić information content (AvgIpc) is 2.64. The number of rotatable bonds is 6. The molecule has 0 atom stereocenters. The number of nitrogens with one attached hydrogen (secondary N) is 1. The van der Waals surface area contributed by atoms with Gasteiger partial charge in [0, 0.05) is 17.4 Å². The molecule has 0 radical (unpaired) electrons. The zero-order valence-electron chi connectivity index (χ0n) is 15.5. The van der Waals surface area contributed by atoms with Gasteiger partial charge in [-0.3, -0.25) is 4.79 Å². The standard InChI is InChI=1S/C22H23N3O2/c1-3-5-16-9-11-18(12-10-16)27-19-7-4-6-17(14-19)25-22(26)20-13-8-15(2)24-21(20)23/h4,6-14H,3,5H2,1-2H3,(H2,23,24)(H,25,26). The van der Waals surface area contributed by atoms with E-state index >= 15 is 0 Å². The number of hydrogen-bond acceptors (Lipinski definition) is 4. The normalized spacial score (nSPS) is 10.4. The van der Waals surface area contributed by atoms with E-state index in [4.69, 9.17) is 10.5 Å². The van der Waals surface area contributed by atoms with E-state index in [1.807, 2.05) is 31.2 Å². The van der Waals surface area contributed by atoms with Crippen molar-refractivity contribution >= 4 is 17.4 Å². The maximum Gasteiger partial charge on any atom is 0.259 e. The number of nitrogen functional groups attached to an aromatic ring is 1. The van der Waals surface area contributed by atoms with Crippen molar-refractivity contribution in [1.29, 1.82) is 0 Å². The van der Waals surface area contributed by atoms with Gasteiger partial charge in [0.05, 0.1) is 5.56 Å². The topological polar surface area (TPSA) is 77.2 Å². The molecule has 0 bridgehead atoms. The van der Waals surface area contributed by atoms with Gasteiger partial charge in [-0.05, 0) is 55.3 Å². The first-order valence-corrected chi connectivity index (χ1v) is 8.96. The molecule has 1 heterocycles. The zero-order valence-corrected chi connectivity index (χ0v) is 15.5. The van der Waals surface area contributed by atoms with E-state index in [0.717, 1.165) is 24.3 Å². The van der Waals surface area contributed by atoms with Crippen LogP contribution >= 0.6 is 0 Å². The fourth-order valence-corrected chi connectivity index (χ4v) is 2.75. The van der Waals surface area contributed by atoms with Crippen LogP contribution in [0.2, 0.25) is 0 Å². The quantitative estimate of drug-likeness (QED) is 0.650. The van der Waals surface area contributed by atoms with Crippen molar-refractivity contribution in [3.63, 3.8) is 0 Å². The summed E-state index contributed by atoms with van der Waals surface area (Å²) in [4.78, 5) is 16.6. The number of anilines is 2. The minimum atomic E-state index is -0.305. The molecule has 0 aliphatic heterocycles. The number of hydrogen-bond donors (Lipinski definition) is 2. The average molecular weight is 361 g/mol. The molecule has 0 spiro atoms. The van der Waals surface area contributed by atoms with Gasteiger partial charge in [-0.25, -0.2) is 4.98 Å². The Kier molecular flexibility index (Phi) is 5.71. The smallest absolute Gasteiger partial charge is 0.259 e. The SMILES string of the molecule is CCCc1ccc(Oc2cccc(NC(=O)c3ccc(C)nc3N)c2)cc1. The van der Waals surface area contributed by atoms with Crippen LogP contribution in [0.4, 0.5) is 11.5 Å². The summed E-state index contributed by atoms with van der Waals surface area (Å²) in [6.07, 6.45) is 2.17. The molecule has 0 unspecified atom stereocenters. The van der Waals surface area contributed by atoms with E-state index in [1.54, 1.807) is 24.3 Å². The number of pyridine rings is 1. The van der Waals surface area contributed by atoms with Gasteiger partial charge in [0.2, 0.25) is 0 Å². The monoisotopic (exact) mass is 361 g/mol. The summed E-state index contributed by atoms with van der Waals surface area (Å²) in [6, 6.07) is 18.7. The van der Waals surface area contributed by atoms with Gasteiger partial charge in [0.25, 0.3) is 5.91 Å². The van der Waals surface area contributed by atoms with Crippen LogP contribution < -0.4 is 15.8 Å². The summed E-state index contributed by atoms with van der Waals surface area (Å²) in [6.45, 7) is 3.98. The maximum absolute atomic E-state index is 12.4. The number of carbonyl (C=O) groups excluding carboxylic acids is 1. The lowest BCUT2D eigenvalue weighted by molar-refractivity contribution is 0.102. The van der Waals surface area contributed by atoms with Gasteiger partial charge in [0.15, 0.2) is 0 Å². The Hall–Kier alpha value is -3.34. The first-order valence-electron chi connectivity index (χ1n) is 8.96. The highest BCUT2D eigenvalue weighted by Gasteiger charge is 2.11. The maximum atomic E-state index is 12.4. The summed E-state index contributed by atoms with van der Waals surface area (Å²) in [5.74, 6) is 1.31. The molecule has 0 fully saturated rings. The lowest BCUT2D eigenvalue weighted by atomic mass is 10.1. The van der Waals surface area contributed by atoms with Gasteiger partial charge in [-0.1, -0.05) is 31.5 Å². The molecule has 5 nitrogen and oxygen atoms in total. The second kappa shape index (κ2) is 8.36. The number of nitrogens with two attached hydrogens (primary N) is 1. The van der Waals surface area contributed by atoms with Crippen LogP contribution in [0.3, 0.4) is 0 Å². The third kappa shape index (κ3) is 4.85. The Morgan fingerprint density at radius 1 is 1.07 bits per heavy atom. The van der Waals surface area contributed by atoms with Crippen molar-refractivity contribution in [2.75, 3.05) is 11.1 Å². The van der Waals surface area contributed by atoms with E-state index in [1.165, 1.54) is 5.56 Å². The molecule has 0 saturated carbocycles. The van der Waals surface area contributed by atoms with E-state index in [0.29, 0.717) is 17.0 Å². The summed E-state index contributed by atoms with van der Waals surface area (Å²) < 4.78 is 5.89. The number of benzene rings is 2. The van der Waals surface area contributed by atoms with Crippen LogP contribution in [-0.4, -0.2) is 10.9 Å². The lowest BCUT2D eigenvalue weighted by Crippen LogP contribution is -2.15. The van der Waals surface area contributed by atoms with E-state index < -0.39 is 0 Å². The van der Waals surface area contributed by atoms with Crippen LogP contribution in [0.5, 0.6) is 11.5 Å². The van der Waals surface area contributed by atoms with Crippen LogP contribution in [0.25, 0.3) is 0 Å². The molecule has 0 saturated heterocycles. The summed E-state index contributed by atoms with van der Waals surface area (Å²) in [7, 11) is 0. The molecular formula is C22H23N3O2. The Bertz CT molecular complexity index is 937. The Morgan fingerprint density at radius 2 is 1.85 bits per heavy atom. The molecule has 1 amide bonds. The number of aryl methyl sites for hydroxylation is 2. The summed E-state index contributed by atoms with van der Waals surface area (Å²) in [5.41, 5.74) is 8.87. The van der Waals surface area contributed by atoms with Crippen molar-refractivity contribution < 1.29 is 9.53 Å². The molecule has 2 aromatic carbocycles. The summed E-state index contributed by atoms with van der Waals surface area (Å²) >= 11 is 0. The van der Waals surface area contributed by atoms with Crippen molar-refractivity contribution in [2.45, 2.75) is 26.7 Å². The minimum Gasteiger partial charge on any atom is -0.457 e. The molecule has 3 aromatic rings. The van der Waals surface area contributed by atoms with Gasteiger partial charge < -0.3 is 15.8 Å². The first kappa shape index (κ1) is 18.5. The van der Waals surface area contributed by atoms with Crippen molar-refractivity contribution in [3.05, 3.63) is 77.5 Å². The summed E-state index contributed by atoms with van der Waals surface area (Å²) in [5, 5.41) is 2.83. The minimum absolute atomic E-state index is 0.215. The molecule has 5 heteroatoms. The molecule has 0 aliphatic rings. The molecule has 3 N–H and O–H groups in total. The number of amides is 1. The van der Waals surface area contributed by atoms with Crippen molar-refractivity contribution in [1.82, 2.24) is 4.98 Å². The zero-order chi connectivity index (χ0) is 19.2. The molecule has 27 heavy (non-hydrogen) atoms. The number of ether oxygens (including phenoxy) is 1. The van der Waals surface area contributed by atoms with Crippen LogP contribution in [0.15, 0.2) is 60.7 Å². The third-order valence-electron chi connectivity index (χ3n) is 4.10. The Morgan fingerprint density at radius 3 is 2.56 bits per heavy atom. The fourth-order valence-electron chi connectivity index (χ4n) is 2.75. The number of aromatic nitrogens is 1. The van der Waals surface area contributed by atoms with E-state index in [2.05, 4.69) is 29.4 Å². The predicted octanol–water partition coefficient (Wildman–Crippen LogP) is 4.97. The predicted molar refractivity (Wildman–Crippen MR) is 108 cm³/mol. The second-order valence-electron chi connectivity index (χ2n) is 6.36. The fraction of sp³-hybridized carbons (Fsp3) is 0.182. The lowest BCUT2D eigenvalue weighted by Gasteiger charge is -2.10. The first-order chi connectivity index (χ1) is 13.0. The van der Waals surface area contributed by atoms with E-state index in [-0.39, 0.29) is 11.7 Å². The Balaban J connectivity index is 1.70. The largest absolute Gasteiger partial charge is 0.457 e. The third-order valence-corrected chi connectivity index (χ3v) is 4.10. The highest BCUT2D eigenvalue weighted by molar-refractivity contribution is 6.07. The number of nitrogens with zero attached hydrogens (tertiary/aromatic N) is 1. The van der Waals surface area contributed by atoms with Gasteiger partial charge in [-0.2, -0.15) is 0 Å². The molecule has 138 valence electrons. The van der Waals surface area contributed by atoms with Crippen molar-refractivity contribution in [3.8, 4) is 11.5 Å². The molecule has 3 rings (SSSR count). The van der Waals surface area contributed by atoms with Crippen LogP contribution in [0, 0.1) is 6.92 Å². The van der Waals surface area contributed by atoms with Gasteiger partial charge >= 0.3 is 0 Å². The van der Waals surface area contributed by atoms with Crippen molar-refractivity contribution in [2.24, 2.45) is 0 Å². The van der Waals surface area contributed by atoms with Crippen LogP contribution in [-0.2, 0) is 6.42 Å². The number of carbonyl (C=O) groups is 1. The van der Waals surface area contributed by atoms with Gasteiger partial charge in [0.1, 0.15) is 17.3 Å². The van der Waals surface area contributed by atoms with Gasteiger partial charge in [-0.15, -0.1) is 0 Å². The second-order valence-corrected chi connectivity index (χ2v) is 6.36. The molecule has 1 aromatic heterocycles. The molecule has 0 aliphatic carbocycles. The Labute approximate surface area is 159 Å². The van der Waals surface area contributed by atoms with E-state index in [9.17, 15) is 4.79 Å². The van der Waals surface area contributed by atoms with Crippen LogP contribution in [0.1, 0.15) is 35.0 Å².